The molecule has 6 nitrogen and oxygen atoms in total. The first-order valence-electron chi connectivity index (χ1n) is 8.70. The van der Waals surface area contributed by atoms with Crippen LogP contribution in [0.15, 0.2) is 36.4 Å². The van der Waals surface area contributed by atoms with Gasteiger partial charge in [0.2, 0.25) is 6.41 Å². The molecule has 0 spiro atoms. The summed E-state index contributed by atoms with van der Waals surface area (Å²) in [7, 11) is 0. The number of ketones is 1. The summed E-state index contributed by atoms with van der Waals surface area (Å²) < 4.78 is 5.35. The van der Waals surface area contributed by atoms with Crippen LogP contribution < -0.4 is 15.0 Å². The molecule has 0 fully saturated rings. The van der Waals surface area contributed by atoms with Crippen LogP contribution >= 0.6 is 23.2 Å². The van der Waals surface area contributed by atoms with Crippen LogP contribution in [0.2, 0.25) is 10.0 Å². The minimum absolute atomic E-state index is 0.0747. The number of hydrogen-bond acceptors (Lipinski definition) is 4. The summed E-state index contributed by atoms with van der Waals surface area (Å²) in [4.78, 5) is 36.8. The SMILES string of the molecule is O=CN1CCc2cc(C(=O)CCNC(=O)COc3ccc(Cl)cc3Cl)ccc21. The Morgan fingerprint density at radius 1 is 1.18 bits per heavy atom. The molecular formula is C20H18Cl2N2O4. The lowest BCUT2D eigenvalue weighted by Crippen LogP contribution is -2.30. The van der Waals surface area contributed by atoms with Crippen molar-refractivity contribution in [1.29, 1.82) is 0 Å². The van der Waals surface area contributed by atoms with Crippen LogP contribution in [0.3, 0.4) is 0 Å². The van der Waals surface area contributed by atoms with E-state index < -0.39 is 0 Å². The lowest BCUT2D eigenvalue weighted by atomic mass is 10.0. The normalized spacial score (nSPS) is 12.4. The molecule has 3 rings (SSSR count). The third kappa shape index (κ3) is 4.82. The lowest BCUT2D eigenvalue weighted by Gasteiger charge is -2.11. The summed E-state index contributed by atoms with van der Waals surface area (Å²) >= 11 is 11.8. The fourth-order valence-electron chi connectivity index (χ4n) is 2.96. The van der Waals surface area contributed by atoms with Gasteiger partial charge in [0.25, 0.3) is 5.91 Å². The maximum absolute atomic E-state index is 12.3. The summed E-state index contributed by atoms with van der Waals surface area (Å²) in [5.41, 5.74) is 2.40. The van der Waals surface area contributed by atoms with Crippen LogP contribution in [0, 0.1) is 0 Å². The van der Waals surface area contributed by atoms with Gasteiger partial charge in [-0.2, -0.15) is 0 Å². The van der Waals surface area contributed by atoms with Gasteiger partial charge in [-0.15, -0.1) is 0 Å². The molecule has 2 aromatic carbocycles. The number of fused-ring (bicyclic) bond motifs is 1. The van der Waals surface area contributed by atoms with Gasteiger partial charge in [0.1, 0.15) is 5.75 Å². The maximum Gasteiger partial charge on any atom is 0.257 e. The lowest BCUT2D eigenvalue weighted by molar-refractivity contribution is -0.123. The monoisotopic (exact) mass is 420 g/mol. The highest BCUT2D eigenvalue weighted by Crippen LogP contribution is 2.28. The number of nitrogens with one attached hydrogen (secondary N) is 1. The first kappa shape index (κ1) is 20.2. The van der Waals surface area contributed by atoms with Gasteiger partial charge in [0, 0.05) is 35.8 Å². The average Bonchev–Trinajstić information content (AvgIpc) is 3.09. The third-order valence-electron chi connectivity index (χ3n) is 4.39. The molecule has 1 N–H and O–H groups in total. The zero-order chi connectivity index (χ0) is 20.1. The van der Waals surface area contributed by atoms with E-state index in [0.717, 1.165) is 24.1 Å². The topological polar surface area (TPSA) is 75.7 Å². The predicted octanol–water partition coefficient (Wildman–Crippen LogP) is 3.28. The number of anilines is 1. The van der Waals surface area contributed by atoms with E-state index in [1.54, 1.807) is 29.2 Å². The molecule has 1 aliphatic rings. The third-order valence-corrected chi connectivity index (χ3v) is 4.92. The van der Waals surface area contributed by atoms with Crippen molar-refractivity contribution in [3.8, 4) is 5.75 Å². The highest BCUT2D eigenvalue weighted by molar-refractivity contribution is 6.35. The van der Waals surface area contributed by atoms with Crippen LogP contribution in [0.4, 0.5) is 5.69 Å². The summed E-state index contributed by atoms with van der Waals surface area (Å²) in [5.74, 6) is -0.0662. The fourth-order valence-corrected chi connectivity index (χ4v) is 3.42. The number of nitrogens with zero attached hydrogens (tertiary/aromatic N) is 1. The Morgan fingerprint density at radius 2 is 2.00 bits per heavy atom. The van der Waals surface area contributed by atoms with Gasteiger partial charge in [-0.1, -0.05) is 23.2 Å². The highest BCUT2D eigenvalue weighted by Gasteiger charge is 2.19. The number of benzene rings is 2. The van der Waals surface area contributed by atoms with Crippen LogP contribution in [0.5, 0.6) is 5.75 Å². The Labute approximate surface area is 172 Å². The van der Waals surface area contributed by atoms with Gasteiger partial charge in [0.15, 0.2) is 12.4 Å². The minimum Gasteiger partial charge on any atom is -0.482 e. The molecule has 0 aliphatic carbocycles. The van der Waals surface area contributed by atoms with Crippen LogP contribution in [0.25, 0.3) is 0 Å². The van der Waals surface area contributed by atoms with Gasteiger partial charge in [0.05, 0.1) is 5.02 Å². The molecule has 0 unspecified atom stereocenters. The summed E-state index contributed by atoms with van der Waals surface area (Å²) in [6, 6.07) is 10.0. The van der Waals surface area contributed by atoms with E-state index in [-0.39, 0.29) is 31.3 Å². The van der Waals surface area contributed by atoms with E-state index >= 15 is 0 Å². The number of halogens is 2. The summed E-state index contributed by atoms with van der Waals surface area (Å²) in [6.45, 7) is 0.618. The Morgan fingerprint density at radius 3 is 2.75 bits per heavy atom. The molecule has 0 bridgehead atoms. The first-order valence-corrected chi connectivity index (χ1v) is 9.46. The standard InChI is InChI=1S/C20H18Cl2N2O4/c21-15-2-4-19(16(22)10-15)28-11-20(27)23-7-5-18(26)14-1-3-17-13(9-14)6-8-24(17)12-25/h1-4,9-10,12H,5-8,11H2,(H,23,27). The number of ether oxygens (including phenoxy) is 1. The van der Waals surface area contributed by atoms with Crippen LogP contribution in [-0.4, -0.2) is 37.8 Å². The molecule has 146 valence electrons. The zero-order valence-electron chi connectivity index (χ0n) is 14.9. The second kappa shape index (κ2) is 9.08. The van der Waals surface area contributed by atoms with E-state index in [4.69, 9.17) is 27.9 Å². The van der Waals surface area contributed by atoms with Gasteiger partial charge in [-0.05, 0) is 48.4 Å². The summed E-state index contributed by atoms with van der Waals surface area (Å²) in [6.07, 6.45) is 1.70. The number of carbonyl (C=O) groups is 3. The number of Topliss-reactive ketones (excluding diaryl/α,β-unsaturated/α-hetero) is 1. The molecule has 28 heavy (non-hydrogen) atoms. The molecule has 1 aliphatic heterocycles. The Hall–Kier alpha value is -2.57. The molecule has 1 heterocycles. The summed E-state index contributed by atoms with van der Waals surface area (Å²) in [5, 5.41) is 3.44. The van der Waals surface area contributed by atoms with Gasteiger partial charge in [-0.25, -0.2) is 0 Å². The molecule has 2 aromatic rings. The van der Waals surface area contributed by atoms with E-state index in [0.29, 0.717) is 27.9 Å². The van der Waals surface area contributed by atoms with Crippen molar-refractivity contribution in [3.05, 3.63) is 57.6 Å². The van der Waals surface area contributed by atoms with Crippen molar-refractivity contribution in [2.45, 2.75) is 12.8 Å². The molecule has 0 saturated heterocycles. The number of hydrogen-bond donors (Lipinski definition) is 1. The number of carbonyl (C=O) groups excluding carboxylic acids is 3. The molecule has 2 amide bonds. The Bertz CT molecular complexity index is 917. The second-order valence-corrected chi connectivity index (χ2v) is 7.12. The van der Waals surface area contributed by atoms with Crippen molar-refractivity contribution in [2.24, 2.45) is 0 Å². The van der Waals surface area contributed by atoms with Crippen molar-refractivity contribution >= 4 is 47.0 Å². The van der Waals surface area contributed by atoms with E-state index in [1.165, 1.54) is 6.07 Å². The molecular weight excluding hydrogens is 403 g/mol. The van der Waals surface area contributed by atoms with Crippen molar-refractivity contribution in [1.82, 2.24) is 5.32 Å². The van der Waals surface area contributed by atoms with E-state index in [2.05, 4.69) is 5.32 Å². The van der Waals surface area contributed by atoms with E-state index in [9.17, 15) is 14.4 Å². The van der Waals surface area contributed by atoms with Crippen LogP contribution in [-0.2, 0) is 16.0 Å². The second-order valence-electron chi connectivity index (χ2n) is 6.28. The predicted molar refractivity (Wildman–Crippen MR) is 107 cm³/mol. The van der Waals surface area contributed by atoms with Crippen molar-refractivity contribution in [3.63, 3.8) is 0 Å². The van der Waals surface area contributed by atoms with E-state index in [1.807, 2.05) is 6.07 Å². The molecule has 8 heteroatoms. The maximum atomic E-state index is 12.3. The first-order chi connectivity index (χ1) is 13.5. The fraction of sp³-hybridized carbons (Fsp3) is 0.250. The van der Waals surface area contributed by atoms with Gasteiger partial charge < -0.3 is 15.0 Å². The number of amides is 2. The quantitative estimate of drug-likeness (QED) is 0.525. The minimum atomic E-state index is -0.352. The molecule has 0 radical (unpaired) electrons. The molecule has 0 atom stereocenters. The van der Waals surface area contributed by atoms with Crippen molar-refractivity contribution in [2.75, 3.05) is 24.6 Å². The van der Waals surface area contributed by atoms with Gasteiger partial charge in [-0.3, -0.25) is 14.4 Å². The Balaban J connectivity index is 1.45. The average molecular weight is 421 g/mol. The zero-order valence-corrected chi connectivity index (χ0v) is 16.4. The smallest absolute Gasteiger partial charge is 0.257 e. The van der Waals surface area contributed by atoms with Crippen LogP contribution in [0.1, 0.15) is 22.3 Å². The van der Waals surface area contributed by atoms with Crippen molar-refractivity contribution < 1.29 is 19.1 Å². The Kier molecular flexibility index (Phi) is 6.54. The largest absolute Gasteiger partial charge is 0.482 e. The number of rotatable bonds is 8. The molecule has 0 saturated carbocycles. The van der Waals surface area contributed by atoms with Gasteiger partial charge >= 0.3 is 0 Å². The molecule has 0 aromatic heterocycles. The highest BCUT2D eigenvalue weighted by atomic mass is 35.5.